The minimum absolute atomic E-state index is 0.000927. The van der Waals surface area contributed by atoms with Crippen molar-refractivity contribution >= 4 is 16.0 Å². The van der Waals surface area contributed by atoms with Crippen molar-refractivity contribution in [2.75, 3.05) is 39.1 Å². The van der Waals surface area contributed by atoms with Gasteiger partial charge in [0.2, 0.25) is 10.0 Å². The third-order valence-electron chi connectivity index (χ3n) is 5.17. The zero-order chi connectivity index (χ0) is 20.3. The molecule has 0 amide bonds. The molecule has 1 aromatic carbocycles. The number of sulfonamides is 1. The Morgan fingerprint density at radius 3 is 2.57 bits per heavy atom. The van der Waals surface area contributed by atoms with Gasteiger partial charge >= 0.3 is 0 Å². The average Bonchev–Trinajstić information content (AvgIpc) is 2.66. The van der Waals surface area contributed by atoms with Crippen molar-refractivity contribution in [3.63, 3.8) is 0 Å². The van der Waals surface area contributed by atoms with E-state index in [0.29, 0.717) is 19.0 Å². The van der Waals surface area contributed by atoms with Crippen molar-refractivity contribution in [2.24, 2.45) is 10.4 Å². The fraction of sp³-hybridized carbons (Fsp3) is 0.650. The molecule has 7 nitrogen and oxygen atoms in total. The van der Waals surface area contributed by atoms with Gasteiger partial charge in [0.1, 0.15) is 0 Å². The van der Waals surface area contributed by atoms with Crippen molar-refractivity contribution in [1.29, 1.82) is 0 Å². The van der Waals surface area contributed by atoms with Gasteiger partial charge in [-0.05, 0) is 37.2 Å². The van der Waals surface area contributed by atoms with Crippen LogP contribution in [0.25, 0.3) is 0 Å². The van der Waals surface area contributed by atoms with Crippen molar-refractivity contribution < 1.29 is 13.2 Å². The minimum Gasteiger partial charge on any atom is -0.385 e. The van der Waals surface area contributed by atoms with Gasteiger partial charge < -0.3 is 15.4 Å². The first kappa shape index (κ1) is 22.6. The summed E-state index contributed by atoms with van der Waals surface area (Å²) >= 11 is 0. The van der Waals surface area contributed by atoms with E-state index in [1.165, 1.54) is 19.3 Å². The molecule has 1 fully saturated rings. The van der Waals surface area contributed by atoms with Crippen molar-refractivity contribution in [3.8, 4) is 0 Å². The SMILES string of the molecule is CCNC(=NCC1(CCOC)CCC1)NCCS(=O)(=O)NCc1ccccc1. The highest BCUT2D eigenvalue weighted by Crippen LogP contribution is 2.44. The van der Waals surface area contributed by atoms with Gasteiger partial charge in [0.15, 0.2) is 5.96 Å². The van der Waals surface area contributed by atoms with Gasteiger partial charge in [-0.3, -0.25) is 4.99 Å². The maximum Gasteiger partial charge on any atom is 0.213 e. The van der Waals surface area contributed by atoms with E-state index >= 15 is 0 Å². The smallest absolute Gasteiger partial charge is 0.213 e. The van der Waals surface area contributed by atoms with Gasteiger partial charge in [0, 0.05) is 39.9 Å². The fourth-order valence-corrected chi connectivity index (χ4v) is 4.14. The second-order valence-electron chi connectivity index (χ2n) is 7.34. The molecule has 0 radical (unpaired) electrons. The minimum atomic E-state index is -3.35. The topological polar surface area (TPSA) is 91.8 Å². The van der Waals surface area contributed by atoms with E-state index < -0.39 is 10.0 Å². The lowest BCUT2D eigenvalue weighted by atomic mass is 9.67. The summed E-state index contributed by atoms with van der Waals surface area (Å²) in [5.41, 5.74) is 1.18. The number of hydrogen-bond donors (Lipinski definition) is 3. The van der Waals surface area contributed by atoms with Crippen molar-refractivity contribution in [1.82, 2.24) is 15.4 Å². The third-order valence-corrected chi connectivity index (χ3v) is 6.50. The van der Waals surface area contributed by atoms with Crippen LogP contribution in [-0.2, 0) is 21.3 Å². The molecule has 0 unspecified atom stereocenters. The van der Waals surface area contributed by atoms with Crippen LogP contribution in [0.3, 0.4) is 0 Å². The van der Waals surface area contributed by atoms with E-state index in [0.717, 1.165) is 31.7 Å². The molecule has 1 saturated carbocycles. The highest BCUT2D eigenvalue weighted by atomic mass is 32.2. The van der Waals surface area contributed by atoms with Crippen molar-refractivity contribution in [3.05, 3.63) is 35.9 Å². The van der Waals surface area contributed by atoms with E-state index in [2.05, 4.69) is 15.4 Å². The molecule has 0 saturated heterocycles. The number of aliphatic imine (C=N–C) groups is 1. The molecule has 0 spiro atoms. The summed E-state index contributed by atoms with van der Waals surface area (Å²) in [4.78, 5) is 4.70. The summed E-state index contributed by atoms with van der Waals surface area (Å²) in [5.74, 6) is 0.670. The Hall–Kier alpha value is -1.64. The molecular formula is C20H34N4O3S. The predicted molar refractivity (Wildman–Crippen MR) is 114 cm³/mol. The summed E-state index contributed by atoms with van der Waals surface area (Å²) in [5, 5.41) is 6.34. The molecule has 8 heteroatoms. The summed E-state index contributed by atoms with van der Waals surface area (Å²) in [6.45, 7) is 4.84. The monoisotopic (exact) mass is 410 g/mol. The molecule has 158 valence electrons. The van der Waals surface area contributed by atoms with Gasteiger partial charge in [-0.2, -0.15) is 0 Å². The Bertz CT molecular complexity index is 703. The van der Waals surface area contributed by atoms with Crippen LogP contribution in [0.15, 0.2) is 35.3 Å². The molecule has 1 aliphatic rings. The van der Waals surface area contributed by atoms with Crippen LogP contribution in [0.2, 0.25) is 0 Å². The zero-order valence-electron chi connectivity index (χ0n) is 17.0. The second kappa shape index (κ2) is 11.4. The van der Waals surface area contributed by atoms with Crippen molar-refractivity contribution in [2.45, 2.75) is 39.2 Å². The molecule has 3 N–H and O–H groups in total. The first-order chi connectivity index (χ1) is 13.5. The Kier molecular flexibility index (Phi) is 9.21. The Morgan fingerprint density at radius 2 is 1.96 bits per heavy atom. The van der Waals surface area contributed by atoms with Crippen LogP contribution in [0.1, 0.15) is 38.2 Å². The first-order valence-electron chi connectivity index (χ1n) is 10.0. The molecule has 1 aromatic rings. The van der Waals surface area contributed by atoms with E-state index in [1.807, 2.05) is 37.3 Å². The van der Waals surface area contributed by atoms with Crippen LogP contribution in [0.5, 0.6) is 0 Å². The average molecular weight is 411 g/mol. The number of ether oxygens (including phenoxy) is 1. The lowest BCUT2D eigenvalue weighted by molar-refractivity contribution is 0.0778. The predicted octanol–water partition coefficient (Wildman–Crippen LogP) is 1.87. The van der Waals surface area contributed by atoms with Gasteiger partial charge in [0.25, 0.3) is 0 Å². The van der Waals surface area contributed by atoms with E-state index in [1.54, 1.807) is 7.11 Å². The first-order valence-corrected chi connectivity index (χ1v) is 11.7. The number of nitrogens with one attached hydrogen (secondary N) is 3. The normalized spacial score (nSPS) is 16.4. The van der Waals surface area contributed by atoms with Crippen LogP contribution >= 0.6 is 0 Å². The fourth-order valence-electron chi connectivity index (χ4n) is 3.24. The maximum atomic E-state index is 12.2. The van der Waals surface area contributed by atoms with Crippen LogP contribution in [0, 0.1) is 5.41 Å². The Labute approximate surface area is 169 Å². The number of benzene rings is 1. The molecule has 0 bridgehead atoms. The molecule has 0 aromatic heterocycles. The largest absolute Gasteiger partial charge is 0.385 e. The molecule has 0 atom stereocenters. The van der Waals surface area contributed by atoms with Crippen LogP contribution in [-0.4, -0.2) is 53.5 Å². The Morgan fingerprint density at radius 1 is 1.21 bits per heavy atom. The van der Waals surface area contributed by atoms with Crippen LogP contribution < -0.4 is 15.4 Å². The lowest BCUT2D eigenvalue weighted by Gasteiger charge is -2.40. The van der Waals surface area contributed by atoms with Gasteiger partial charge in [0.05, 0.1) is 5.75 Å². The maximum absolute atomic E-state index is 12.2. The van der Waals surface area contributed by atoms with E-state index in [9.17, 15) is 8.42 Å². The second-order valence-corrected chi connectivity index (χ2v) is 9.27. The molecule has 1 aliphatic carbocycles. The third kappa shape index (κ3) is 7.77. The van der Waals surface area contributed by atoms with Gasteiger partial charge in [-0.1, -0.05) is 36.8 Å². The quantitative estimate of drug-likeness (QED) is 0.361. The van der Waals surface area contributed by atoms with Gasteiger partial charge in [-0.15, -0.1) is 0 Å². The van der Waals surface area contributed by atoms with Gasteiger partial charge in [-0.25, -0.2) is 13.1 Å². The number of hydrogen-bond acceptors (Lipinski definition) is 4. The summed E-state index contributed by atoms with van der Waals surface area (Å²) < 4.78 is 32.3. The summed E-state index contributed by atoms with van der Waals surface area (Å²) in [7, 11) is -1.62. The lowest BCUT2D eigenvalue weighted by Crippen LogP contribution is -2.42. The zero-order valence-corrected chi connectivity index (χ0v) is 17.9. The highest BCUT2D eigenvalue weighted by molar-refractivity contribution is 7.89. The van der Waals surface area contributed by atoms with Crippen LogP contribution in [0.4, 0.5) is 0 Å². The highest BCUT2D eigenvalue weighted by Gasteiger charge is 2.36. The summed E-state index contributed by atoms with van der Waals surface area (Å²) in [6, 6.07) is 9.50. The van der Waals surface area contributed by atoms with E-state index in [4.69, 9.17) is 9.73 Å². The number of nitrogens with zero attached hydrogens (tertiary/aromatic N) is 1. The molecule has 2 rings (SSSR count). The molecule has 0 aliphatic heterocycles. The van der Waals surface area contributed by atoms with E-state index in [-0.39, 0.29) is 11.2 Å². The number of rotatable bonds is 12. The number of methoxy groups -OCH3 is 1. The molecule has 28 heavy (non-hydrogen) atoms. The Balaban J connectivity index is 1.79. The number of guanidine groups is 1. The summed E-state index contributed by atoms with van der Waals surface area (Å²) in [6.07, 6.45) is 4.62. The molecule has 0 heterocycles. The standard InChI is InChI=1S/C20H34N4O3S/c1-3-21-19(23-17-20(10-7-11-20)12-14-27-2)22-13-15-28(25,26)24-16-18-8-5-4-6-9-18/h4-6,8-9,24H,3,7,10-17H2,1-2H3,(H2,21,22,23). The molecular weight excluding hydrogens is 376 g/mol.